The monoisotopic (exact) mass is 426 g/mol. The molecule has 1 aliphatic carbocycles. The average molecular weight is 427 g/mol. The summed E-state index contributed by atoms with van der Waals surface area (Å²) in [6, 6.07) is 0. The van der Waals surface area contributed by atoms with Crippen molar-refractivity contribution in [3.05, 3.63) is 58.2 Å². The highest BCUT2D eigenvalue weighted by atomic mass is 16.5. The van der Waals surface area contributed by atoms with Crippen molar-refractivity contribution in [1.82, 2.24) is 0 Å². The van der Waals surface area contributed by atoms with Crippen LogP contribution < -0.4 is 0 Å². The first-order valence-electron chi connectivity index (χ1n) is 12.7. The van der Waals surface area contributed by atoms with Crippen LogP contribution in [0.15, 0.2) is 58.2 Å². The van der Waals surface area contributed by atoms with E-state index in [-0.39, 0.29) is 0 Å². The van der Waals surface area contributed by atoms with E-state index in [4.69, 9.17) is 4.74 Å². The fourth-order valence-electron chi connectivity index (χ4n) is 3.58. The van der Waals surface area contributed by atoms with Gasteiger partial charge >= 0.3 is 0 Å². The van der Waals surface area contributed by atoms with Crippen molar-refractivity contribution in [3.8, 4) is 0 Å². The van der Waals surface area contributed by atoms with E-state index in [2.05, 4.69) is 71.9 Å². The standard InChI is InChI=1S/C30H50O/c1-25(2)13-9-16-28(5)19-10-17-26(3)14-7-8-15-27(4)18-11-20-29(6)21-12-24-31-30-22-23-30/h13-15,19-20,30H,7-12,16-18,21-24H2,1-6H3. The first-order valence-corrected chi connectivity index (χ1v) is 12.7. The van der Waals surface area contributed by atoms with Crippen molar-refractivity contribution in [1.29, 1.82) is 0 Å². The van der Waals surface area contributed by atoms with Crippen LogP contribution in [0.3, 0.4) is 0 Å². The molecule has 176 valence electrons. The summed E-state index contributed by atoms with van der Waals surface area (Å²) in [5.74, 6) is 0. The Balaban J connectivity index is 2.11. The van der Waals surface area contributed by atoms with Gasteiger partial charge in [0.2, 0.25) is 0 Å². The number of hydrogen-bond acceptors (Lipinski definition) is 1. The van der Waals surface area contributed by atoms with Crippen molar-refractivity contribution < 1.29 is 4.74 Å². The van der Waals surface area contributed by atoms with Crippen LogP contribution in [-0.2, 0) is 4.74 Å². The van der Waals surface area contributed by atoms with Crippen LogP contribution in [0, 0.1) is 0 Å². The van der Waals surface area contributed by atoms with E-state index in [1.54, 1.807) is 0 Å². The highest BCUT2D eigenvalue weighted by molar-refractivity contribution is 5.07. The van der Waals surface area contributed by atoms with Gasteiger partial charge in [-0.2, -0.15) is 0 Å². The van der Waals surface area contributed by atoms with Gasteiger partial charge in [0.05, 0.1) is 6.10 Å². The summed E-state index contributed by atoms with van der Waals surface area (Å²) in [5, 5.41) is 0. The van der Waals surface area contributed by atoms with Crippen LogP contribution in [0.5, 0.6) is 0 Å². The molecular formula is C30H50O. The van der Waals surface area contributed by atoms with Crippen molar-refractivity contribution in [2.75, 3.05) is 6.61 Å². The largest absolute Gasteiger partial charge is 0.378 e. The molecule has 1 fully saturated rings. The van der Waals surface area contributed by atoms with Gasteiger partial charge < -0.3 is 4.74 Å². The second kappa shape index (κ2) is 17.2. The molecule has 0 N–H and O–H groups in total. The Morgan fingerprint density at radius 1 is 0.581 bits per heavy atom. The summed E-state index contributed by atoms with van der Waals surface area (Å²) in [6.45, 7) is 14.4. The molecule has 0 bridgehead atoms. The summed E-state index contributed by atoms with van der Waals surface area (Å²) in [6.07, 6.45) is 27.0. The summed E-state index contributed by atoms with van der Waals surface area (Å²) < 4.78 is 5.73. The molecule has 1 heteroatoms. The zero-order valence-corrected chi connectivity index (χ0v) is 21.6. The van der Waals surface area contributed by atoms with Gasteiger partial charge in [-0.25, -0.2) is 0 Å². The topological polar surface area (TPSA) is 9.23 Å². The fraction of sp³-hybridized carbons (Fsp3) is 0.667. The number of allylic oxidation sites excluding steroid dienone is 10. The number of hydrogen-bond donors (Lipinski definition) is 0. The number of rotatable bonds is 17. The van der Waals surface area contributed by atoms with Crippen LogP contribution in [0.4, 0.5) is 0 Å². The Kier molecular flexibility index (Phi) is 15.4. The molecule has 1 aliphatic rings. The lowest BCUT2D eigenvalue weighted by atomic mass is 10.0. The minimum atomic E-state index is 0.597. The Morgan fingerprint density at radius 2 is 1.00 bits per heavy atom. The van der Waals surface area contributed by atoms with Crippen LogP contribution >= 0.6 is 0 Å². The lowest BCUT2D eigenvalue weighted by Gasteiger charge is -2.04. The van der Waals surface area contributed by atoms with Crippen LogP contribution in [0.25, 0.3) is 0 Å². The van der Waals surface area contributed by atoms with Crippen molar-refractivity contribution in [2.45, 2.75) is 125 Å². The Bertz CT molecular complexity index is 633. The molecule has 0 aromatic rings. The van der Waals surface area contributed by atoms with Gasteiger partial charge in [0.1, 0.15) is 0 Å². The molecule has 1 nitrogen and oxygen atoms in total. The van der Waals surface area contributed by atoms with E-state index in [9.17, 15) is 0 Å². The van der Waals surface area contributed by atoms with Gasteiger partial charge in [0, 0.05) is 6.61 Å². The number of unbranched alkanes of at least 4 members (excludes halogenated alkanes) is 1. The zero-order chi connectivity index (χ0) is 22.9. The van der Waals surface area contributed by atoms with Gasteiger partial charge in [0.15, 0.2) is 0 Å². The maximum Gasteiger partial charge on any atom is 0.0577 e. The summed E-state index contributed by atoms with van der Waals surface area (Å²) in [7, 11) is 0. The zero-order valence-electron chi connectivity index (χ0n) is 21.6. The summed E-state index contributed by atoms with van der Waals surface area (Å²) >= 11 is 0. The van der Waals surface area contributed by atoms with Gasteiger partial charge in [-0.3, -0.25) is 0 Å². The quantitative estimate of drug-likeness (QED) is 0.166. The van der Waals surface area contributed by atoms with Crippen molar-refractivity contribution >= 4 is 0 Å². The summed E-state index contributed by atoms with van der Waals surface area (Å²) in [4.78, 5) is 0. The first kappa shape index (κ1) is 27.7. The molecule has 1 saturated carbocycles. The highest BCUT2D eigenvalue weighted by Gasteiger charge is 2.21. The second-order valence-electron chi connectivity index (χ2n) is 9.85. The van der Waals surface area contributed by atoms with Gasteiger partial charge in [-0.15, -0.1) is 0 Å². The molecule has 0 heterocycles. The smallest absolute Gasteiger partial charge is 0.0577 e. The molecule has 0 unspecified atom stereocenters. The van der Waals surface area contributed by atoms with Crippen LogP contribution in [-0.4, -0.2) is 12.7 Å². The normalized spacial score (nSPS) is 16.1. The van der Waals surface area contributed by atoms with E-state index in [0.29, 0.717) is 6.10 Å². The maximum absolute atomic E-state index is 5.73. The second-order valence-corrected chi connectivity index (χ2v) is 9.85. The van der Waals surface area contributed by atoms with Crippen molar-refractivity contribution in [2.24, 2.45) is 0 Å². The molecule has 31 heavy (non-hydrogen) atoms. The Hall–Kier alpha value is -1.34. The predicted molar refractivity (Wildman–Crippen MR) is 140 cm³/mol. The third kappa shape index (κ3) is 18.0. The summed E-state index contributed by atoms with van der Waals surface area (Å²) in [5.41, 5.74) is 7.53. The van der Waals surface area contributed by atoms with Crippen molar-refractivity contribution in [3.63, 3.8) is 0 Å². The Labute approximate surface area is 194 Å². The van der Waals surface area contributed by atoms with Crippen LogP contribution in [0.1, 0.15) is 119 Å². The molecule has 0 atom stereocenters. The molecule has 0 aromatic carbocycles. The van der Waals surface area contributed by atoms with E-state index in [0.717, 1.165) is 6.61 Å². The molecule has 1 rings (SSSR count). The molecule has 0 aromatic heterocycles. The number of ether oxygens (including phenoxy) is 1. The fourth-order valence-corrected chi connectivity index (χ4v) is 3.58. The van der Waals surface area contributed by atoms with Crippen LogP contribution in [0.2, 0.25) is 0 Å². The van der Waals surface area contributed by atoms with E-state index in [1.165, 1.54) is 105 Å². The third-order valence-corrected chi connectivity index (χ3v) is 5.90. The third-order valence-electron chi connectivity index (χ3n) is 5.90. The van der Waals surface area contributed by atoms with E-state index >= 15 is 0 Å². The predicted octanol–water partition coefficient (Wildman–Crippen LogP) is 9.82. The van der Waals surface area contributed by atoms with E-state index < -0.39 is 0 Å². The molecule has 0 saturated heterocycles. The minimum absolute atomic E-state index is 0.597. The molecule has 0 aliphatic heterocycles. The molecule has 0 spiro atoms. The Morgan fingerprint density at radius 3 is 1.45 bits per heavy atom. The first-order chi connectivity index (χ1) is 14.9. The SMILES string of the molecule is CC(C)=CCCC(C)=CCCC(C)=CCCC=C(C)CCC=C(C)CCCOC1CC1. The van der Waals surface area contributed by atoms with E-state index in [1.807, 2.05) is 0 Å². The maximum atomic E-state index is 5.73. The minimum Gasteiger partial charge on any atom is -0.378 e. The molecule has 0 amide bonds. The molecular weight excluding hydrogens is 376 g/mol. The molecule has 0 radical (unpaired) electrons. The van der Waals surface area contributed by atoms with Gasteiger partial charge in [0.25, 0.3) is 0 Å². The lowest BCUT2D eigenvalue weighted by Crippen LogP contribution is -1.96. The van der Waals surface area contributed by atoms with Gasteiger partial charge in [-0.1, -0.05) is 58.2 Å². The average Bonchev–Trinajstić information content (AvgIpc) is 3.53. The van der Waals surface area contributed by atoms with Gasteiger partial charge in [-0.05, 0) is 119 Å². The highest BCUT2D eigenvalue weighted by Crippen LogP contribution is 2.23. The lowest BCUT2D eigenvalue weighted by molar-refractivity contribution is 0.117.